The summed E-state index contributed by atoms with van der Waals surface area (Å²) in [6, 6.07) is -0.142. The molecule has 15 heavy (non-hydrogen) atoms. The Morgan fingerprint density at radius 3 is 2.67 bits per heavy atom. The Kier molecular flexibility index (Phi) is 5.17. The van der Waals surface area contributed by atoms with Gasteiger partial charge in [0.05, 0.1) is 6.61 Å². The lowest BCUT2D eigenvalue weighted by molar-refractivity contribution is 0.110. The average Bonchev–Trinajstić information content (AvgIpc) is 2.26. The van der Waals surface area contributed by atoms with Gasteiger partial charge in [-0.25, -0.2) is 15.4 Å². The molecule has 0 bridgehead atoms. The van der Waals surface area contributed by atoms with E-state index < -0.39 is 0 Å². The molecule has 0 aliphatic heterocycles. The zero-order valence-electron chi connectivity index (χ0n) is 9.23. The lowest BCUT2D eigenvalue weighted by atomic mass is 10.3. The predicted octanol–water partition coefficient (Wildman–Crippen LogP) is 0.716. The van der Waals surface area contributed by atoms with Gasteiger partial charge in [-0.3, -0.25) is 5.84 Å². The van der Waals surface area contributed by atoms with Crippen LogP contribution in [0.15, 0.2) is 12.4 Å². The van der Waals surface area contributed by atoms with Gasteiger partial charge in [0.2, 0.25) is 0 Å². The molecule has 1 aromatic heterocycles. The molecule has 0 saturated heterocycles. The van der Waals surface area contributed by atoms with E-state index >= 15 is 0 Å². The standard InChI is InChI=1S/C10H18N4O/c1-3-4-15-7-9(14-11)10-12-5-8(2)6-13-10/h5-6,9,14H,3-4,7,11H2,1-2H3. The quantitative estimate of drug-likeness (QED) is 0.411. The summed E-state index contributed by atoms with van der Waals surface area (Å²) < 4.78 is 5.40. The van der Waals surface area contributed by atoms with Gasteiger partial charge in [0.1, 0.15) is 11.9 Å². The number of aromatic nitrogens is 2. The van der Waals surface area contributed by atoms with Crippen LogP contribution in [0.3, 0.4) is 0 Å². The van der Waals surface area contributed by atoms with E-state index in [2.05, 4.69) is 22.3 Å². The zero-order chi connectivity index (χ0) is 11.1. The molecule has 0 amide bonds. The van der Waals surface area contributed by atoms with Crippen LogP contribution >= 0.6 is 0 Å². The van der Waals surface area contributed by atoms with E-state index in [0.717, 1.165) is 18.6 Å². The number of hydrogen-bond donors (Lipinski definition) is 2. The first-order chi connectivity index (χ1) is 7.27. The zero-order valence-corrected chi connectivity index (χ0v) is 9.23. The number of nitrogens with one attached hydrogen (secondary N) is 1. The van der Waals surface area contributed by atoms with E-state index in [4.69, 9.17) is 10.6 Å². The molecule has 0 aromatic carbocycles. The third-order valence-corrected chi connectivity index (χ3v) is 1.95. The molecule has 1 rings (SSSR count). The average molecular weight is 210 g/mol. The second-order valence-electron chi connectivity index (χ2n) is 3.41. The second-order valence-corrected chi connectivity index (χ2v) is 3.41. The number of aryl methyl sites for hydroxylation is 1. The topological polar surface area (TPSA) is 73.1 Å². The summed E-state index contributed by atoms with van der Waals surface area (Å²) in [6.07, 6.45) is 4.53. The summed E-state index contributed by atoms with van der Waals surface area (Å²) in [5.74, 6) is 6.08. The summed E-state index contributed by atoms with van der Waals surface area (Å²) in [5, 5.41) is 0. The van der Waals surface area contributed by atoms with Crippen molar-refractivity contribution in [3.8, 4) is 0 Å². The first-order valence-corrected chi connectivity index (χ1v) is 5.10. The molecule has 1 heterocycles. The fourth-order valence-corrected chi connectivity index (χ4v) is 1.13. The Labute approximate surface area is 90.0 Å². The molecule has 0 radical (unpaired) electrons. The molecule has 1 unspecified atom stereocenters. The van der Waals surface area contributed by atoms with E-state index in [9.17, 15) is 0 Å². The Bertz CT molecular complexity index is 275. The minimum atomic E-state index is -0.142. The van der Waals surface area contributed by atoms with Crippen molar-refractivity contribution in [2.75, 3.05) is 13.2 Å². The van der Waals surface area contributed by atoms with Gasteiger partial charge in [-0.05, 0) is 18.9 Å². The van der Waals surface area contributed by atoms with Crippen LogP contribution in [0.2, 0.25) is 0 Å². The molecule has 3 N–H and O–H groups in total. The van der Waals surface area contributed by atoms with Gasteiger partial charge in [0.25, 0.3) is 0 Å². The Balaban J connectivity index is 2.53. The fraction of sp³-hybridized carbons (Fsp3) is 0.600. The van der Waals surface area contributed by atoms with Gasteiger partial charge < -0.3 is 4.74 Å². The number of nitrogens with two attached hydrogens (primary N) is 1. The van der Waals surface area contributed by atoms with E-state index in [1.165, 1.54) is 0 Å². The first-order valence-electron chi connectivity index (χ1n) is 5.10. The minimum Gasteiger partial charge on any atom is -0.379 e. The molecule has 1 aromatic rings. The summed E-state index contributed by atoms with van der Waals surface area (Å²) in [4.78, 5) is 8.39. The van der Waals surface area contributed by atoms with E-state index in [1.807, 2.05) is 6.92 Å². The highest BCUT2D eigenvalue weighted by Crippen LogP contribution is 2.06. The van der Waals surface area contributed by atoms with Gasteiger partial charge in [-0.1, -0.05) is 6.92 Å². The summed E-state index contributed by atoms with van der Waals surface area (Å²) in [5.41, 5.74) is 3.68. The van der Waals surface area contributed by atoms with Crippen LogP contribution < -0.4 is 11.3 Å². The normalized spacial score (nSPS) is 12.7. The summed E-state index contributed by atoms with van der Waals surface area (Å²) in [6.45, 7) is 5.23. The Morgan fingerprint density at radius 1 is 1.47 bits per heavy atom. The van der Waals surface area contributed by atoms with Crippen LogP contribution in [-0.2, 0) is 4.74 Å². The van der Waals surface area contributed by atoms with E-state index in [-0.39, 0.29) is 6.04 Å². The minimum absolute atomic E-state index is 0.142. The van der Waals surface area contributed by atoms with Crippen LogP contribution in [0.25, 0.3) is 0 Å². The van der Waals surface area contributed by atoms with Gasteiger partial charge >= 0.3 is 0 Å². The maximum Gasteiger partial charge on any atom is 0.148 e. The maximum absolute atomic E-state index is 5.42. The van der Waals surface area contributed by atoms with Crippen LogP contribution in [0.1, 0.15) is 30.8 Å². The number of hydrogen-bond acceptors (Lipinski definition) is 5. The van der Waals surface area contributed by atoms with Crippen molar-refractivity contribution in [3.05, 3.63) is 23.8 Å². The predicted molar refractivity (Wildman–Crippen MR) is 57.9 cm³/mol. The first kappa shape index (κ1) is 12.0. The van der Waals surface area contributed by atoms with Crippen molar-refractivity contribution in [3.63, 3.8) is 0 Å². The van der Waals surface area contributed by atoms with Crippen molar-refractivity contribution in [1.82, 2.24) is 15.4 Å². The highest BCUT2D eigenvalue weighted by molar-refractivity contribution is 5.04. The second kappa shape index (κ2) is 6.44. The molecular formula is C10H18N4O. The molecule has 0 aliphatic carbocycles. The molecule has 84 valence electrons. The third kappa shape index (κ3) is 3.91. The van der Waals surface area contributed by atoms with Crippen molar-refractivity contribution in [2.24, 2.45) is 5.84 Å². The number of rotatable bonds is 6. The highest BCUT2D eigenvalue weighted by atomic mass is 16.5. The largest absolute Gasteiger partial charge is 0.379 e. The van der Waals surface area contributed by atoms with Crippen molar-refractivity contribution < 1.29 is 4.74 Å². The van der Waals surface area contributed by atoms with Crippen LogP contribution in [0, 0.1) is 6.92 Å². The highest BCUT2D eigenvalue weighted by Gasteiger charge is 2.12. The van der Waals surface area contributed by atoms with Crippen molar-refractivity contribution in [1.29, 1.82) is 0 Å². The Hall–Kier alpha value is -1.04. The molecule has 0 fully saturated rings. The number of ether oxygens (including phenoxy) is 1. The Morgan fingerprint density at radius 2 is 2.13 bits per heavy atom. The molecule has 1 atom stereocenters. The van der Waals surface area contributed by atoms with Gasteiger partial charge in [0.15, 0.2) is 0 Å². The smallest absolute Gasteiger partial charge is 0.148 e. The van der Waals surface area contributed by atoms with Crippen molar-refractivity contribution >= 4 is 0 Å². The summed E-state index contributed by atoms with van der Waals surface area (Å²) >= 11 is 0. The molecular weight excluding hydrogens is 192 g/mol. The van der Waals surface area contributed by atoms with Crippen LogP contribution in [-0.4, -0.2) is 23.2 Å². The lowest BCUT2D eigenvalue weighted by Gasteiger charge is -2.14. The molecule has 5 nitrogen and oxygen atoms in total. The lowest BCUT2D eigenvalue weighted by Crippen LogP contribution is -2.32. The van der Waals surface area contributed by atoms with E-state index in [0.29, 0.717) is 12.4 Å². The van der Waals surface area contributed by atoms with Gasteiger partial charge in [-0.15, -0.1) is 0 Å². The van der Waals surface area contributed by atoms with Gasteiger partial charge in [-0.2, -0.15) is 0 Å². The maximum atomic E-state index is 5.42. The van der Waals surface area contributed by atoms with E-state index in [1.54, 1.807) is 12.4 Å². The molecule has 0 spiro atoms. The fourth-order valence-electron chi connectivity index (χ4n) is 1.13. The summed E-state index contributed by atoms with van der Waals surface area (Å²) in [7, 11) is 0. The van der Waals surface area contributed by atoms with Crippen molar-refractivity contribution in [2.45, 2.75) is 26.3 Å². The molecule has 0 saturated carbocycles. The number of nitrogens with zero attached hydrogens (tertiary/aromatic N) is 2. The monoisotopic (exact) mass is 210 g/mol. The van der Waals surface area contributed by atoms with Crippen LogP contribution in [0.5, 0.6) is 0 Å². The third-order valence-electron chi connectivity index (χ3n) is 1.95. The number of hydrazine groups is 1. The molecule has 0 aliphatic rings. The van der Waals surface area contributed by atoms with Crippen LogP contribution in [0.4, 0.5) is 0 Å². The SMILES string of the molecule is CCCOCC(NN)c1ncc(C)cn1. The van der Waals surface area contributed by atoms with Gasteiger partial charge in [0, 0.05) is 19.0 Å². The molecule has 5 heteroatoms.